The maximum absolute atomic E-state index is 12.5. The first-order chi connectivity index (χ1) is 10.4. The van der Waals surface area contributed by atoms with Crippen molar-refractivity contribution in [3.8, 4) is 0 Å². The number of carbonyl (C=O) groups is 2. The molecule has 0 saturated carbocycles. The van der Waals surface area contributed by atoms with Gasteiger partial charge in [-0.15, -0.1) is 0 Å². The number of rotatable bonds is 6. The second kappa shape index (κ2) is 6.53. The van der Waals surface area contributed by atoms with Gasteiger partial charge in [0.05, 0.1) is 18.6 Å². The van der Waals surface area contributed by atoms with Crippen LogP contribution in [0.2, 0.25) is 0 Å². The van der Waals surface area contributed by atoms with Gasteiger partial charge in [0.15, 0.2) is 0 Å². The Morgan fingerprint density at radius 1 is 1.32 bits per heavy atom. The van der Waals surface area contributed by atoms with Crippen molar-refractivity contribution < 1.29 is 19.4 Å². The predicted molar refractivity (Wildman–Crippen MR) is 81.7 cm³/mol. The second-order valence-electron chi connectivity index (χ2n) is 5.40. The maximum Gasteiger partial charge on any atom is 0.305 e. The van der Waals surface area contributed by atoms with Gasteiger partial charge in [0, 0.05) is 18.7 Å². The Hall–Kier alpha value is -2.47. The van der Waals surface area contributed by atoms with Crippen LogP contribution in [0.4, 0.5) is 0 Å². The van der Waals surface area contributed by atoms with E-state index >= 15 is 0 Å². The number of pyridine rings is 1. The Kier molecular flexibility index (Phi) is 4.72. The summed E-state index contributed by atoms with van der Waals surface area (Å²) in [7, 11) is 1.46. The molecule has 0 aliphatic rings. The number of ether oxygens (including phenoxy) is 1. The summed E-state index contributed by atoms with van der Waals surface area (Å²) in [5.41, 5.74) is -0.734. The molecule has 0 aliphatic heterocycles. The summed E-state index contributed by atoms with van der Waals surface area (Å²) in [5, 5.41) is 13.4. The summed E-state index contributed by atoms with van der Waals surface area (Å²) in [6, 6.07) is 9.22. The molecule has 1 heterocycles. The van der Waals surface area contributed by atoms with Crippen molar-refractivity contribution in [1.82, 2.24) is 10.3 Å². The van der Waals surface area contributed by atoms with E-state index in [1.165, 1.54) is 7.11 Å². The van der Waals surface area contributed by atoms with Crippen molar-refractivity contribution in [1.29, 1.82) is 0 Å². The summed E-state index contributed by atoms with van der Waals surface area (Å²) < 4.78 is 5.03. The van der Waals surface area contributed by atoms with E-state index in [0.29, 0.717) is 0 Å². The molecule has 0 bridgehead atoms. The number of hydrogen-bond acceptors (Lipinski definition) is 4. The molecule has 0 fully saturated rings. The number of methoxy groups -OCH3 is 1. The van der Waals surface area contributed by atoms with Crippen LogP contribution in [-0.4, -0.2) is 41.2 Å². The van der Waals surface area contributed by atoms with Gasteiger partial charge in [-0.25, -0.2) is 0 Å². The predicted octanol–water partition coefficient (Wildman–Crippen LogP) is 1.84. The fraction of sp³-hybridized carbons (Fsp3) is 0.312. The lowest BCUT2D eigenvalue weighted by Gasteiger charge is -2.28. The van der Waals surface area contributed by atoms with Crippen LogP contribution in [0.25, 0.3) is 10.8 Å². The van der Waals surface area contributed by atoms with Crippen molar-refractivity contribution in [3.05, 3.63) is 42.2 Å². The zero-order valence-corrected chi connectivity index (χ0v) is 12.5. The topological polar surface area (TPSA) is 88.5 Å². The molecule has 22 heavy (non-hydrogen) atoms. The normalized spacial score (nSPS) is 13.5. The molecule has 1 aromatic heterocycles. The lowest BCUT2D eigenvalue weighted by Crippen LogP contribution is -2.51. The number of hydrogen-bond donors (Lipinski definition) is 2. The lowest BCUT2D eigenvalue weighted by molar-refractivity contribution is -0.139. The zero-order chi connectivity index (χ0) is 16.2. The molecule has 2 rings (SSSR count). The van der Waals surface area contributed by atoms with Gasteiger partial charge in [-0.3, -0.25) is 14.6 Å². The van der Waals surface area contributed by atoms with Crippen LogP contribution in [0.5, 0.6) is 0 Å². The fourth-order valence-corrected chi connectivity index (χ4v) is 2.42. The smallest absolute Gasteiger partial charge is 0.305 e. The average Bonchev–Trinajstić information content (AvgIpc) is 2.45. The summed E-state index contributed by atoms with van der Waals surface area (Å²) in [4.78, 5) is 27.6. The van der Waals surface area contributed by atoms with Gasteiger partial charge in [-0.2, -0.15) is 0 Å². The number of amides is 1. The van der Waals surface area contributed by atoms with Gasteiger partial charge < -0.3 is 15.2 Å². The molecule has 0 aliphatic carbocycles. The first-order valence-electron chi connectivity index (χ1n) is 6.82. The molecule has 6 nitrogen and oxygen atoms in total. The van der Waals surface area contributed by atoms with Crippen molar-refractivity contribution in [3.63, 3.8) is 0 Å². The SMILES string of the molecule is COCC(C)(CC(=O)O)NC(=O)c1nccc2ccccc12. The van der Waals surface area contributed by atoms with E-state index in [-0.39, 0.29) is 18.7 Å². The number of carbonyl (C=O) groups excluding carboxylic acids is 1. The van der Waals surface area contributed by atoms with Crippen molar-refractivity contribution in [2.75, 3.05) is 13.7 Å². The molecular weight excluding hydrogens is 284 g/mol. The highest BCUT2D eigenvalue weighted by molar-refractivity contribution is 6.05. The quantitative estimate of drug-likeness (QED) is 0.850. The van der Waals surface area contributed by atoms with Crippen LogP contribution in [0.3, 0.4) is 0 Å². The number of nitrogens with one attached hydrogen (secondary N) is 1. The largest absolute Gasteiger partial charge is 0.481 e. The lowest BCUT2D eigenvalue weighted by atomic mass is 9.98. The Morgan fingerprint density at radius 3 is 2.73 bits per heavy atom. The van der Waals surface area contributed by atoms with Gasteiger partial charge in [-0.05, 0) is 18.4 Å². The molecule has 1 atom stereocenters. The van der Waals surface area contributed by atoms with Crippen LogP contribution in [0.15, 0.2) is 36.5 Å². The molecule has 116 valence electrons. The Balaban J connectivity index is 2.31. The minimum atomic E-state index is -1.01. The van der Waals surface area contributed by atoms with E-state index in [0.717, 1.165) is 10.8 Å². The van der Waals surface area contributed by atoms with E-state index in [2.05, 4.69) is 10.3 Å². The van der Waals surface area contributed by atoms with Crippen LogP contribution in [0.1, 0.15) is 23.8 Å². The minimum Gasteiger partial charge on any atom is -0.481 e. The van der Waals surface area contributed by atoms with Gasteiger partial charge in [-0.1, -0.05) is 24.3 Å². The number of carboxylic acids is 1. The average molecular weight is 302 g/mol. The third kappa shape index (κ3) is 3.59. The van der Waals surface area contributed by atoms with E-state index in [1.54, 1.807) is 13.1 Å². The summed E-state index contributed by atoms with van der Waals surface area (Å²) in [6.07, 6.45) is 1.32. The van der Waals surface area contributed by atoms with Crippen molar-refractivity contribution in [2.24, 2.45) is 0 Å². The summed E-state index contributed by atoms with van der Waals surface area (Å²) in [6.45, 7) is 1.73. The summed E-state index contributed by atoms with van der Waals surface area (Å²) in [5.74, 6) is -1.43. The highest BCUT2D eigenvalue weighted by atomic mass is 16.5. The number of aliphatic carboxylic acids is 1. The molecule has 0 radical (unpaired) electrons. The van der Waals surface area contributed by atoms with Gasteiger partial charge in [0.25, 0.3) is 5.91 Å². The Morgan fingerprint density at radius 2 is 2.05 bits per heavy atom. The molecule has 2 N–H and O–H groups in total. The maximum atomic E-state index is 12.5. The van der Waals surface area contributed by atoms with Crippen LogP contribution in [-0.2, 0) is 9.53 Å². The number of benzene rings is 1. The Labute approximate surface area is 128 Å². The third-order valence-corrected chi connectivity index (χ3v) is 3.31. The molecule has 1 aromatic carbocycles. The first kappa shape index (κ1) is 15.9. The number of fused-ring (bicyclic) bond motifs is 1. The molecule has 2 aromatic rings. The second-order valence-corrected chi connectivity index (χ2v) is 5.40. The Bertz CT molecular complexity index is 696. The standard InChI is InChI=1S/C16H18N2O4/c1-16(10-22-2,9-13(19)20)18-15(21)14-12-6-4-3-5-11(12)7-8-17-14/h3-8H,9-10H2,1-2H3,(H,18,21)(H,19,20). The van der Waals surface area contributed by atoms with Gasteiger partial charge in [0.1, 0.15) is 5.69 Å². The number of aromatic nitrogens is 1. The van der Waals surface area contributed by atoms with Crippen LogP contribution in [0, 0.1) is 0 Å². The molecule has 0 spiro atoms. The van der Waals surface area contributed by atoms with Crippen molar-refractivity contribution >= 4 is 22.6 Å². The van der Waals surface area contributed by atoms with E-state index < -0.39 is 17.4 Å². The molecular formula is C16H18N2O4. The molecule has 1 unspecified atom stereocenters. The number of nitrogens with zero attached hydrogens (tertiary/aromatic N) is 1. The monoisotopic (exact) mass is 302 g/mol. The minimum absolute atomic E-state index is 0.0931. The molecule has 6 heteroatoms. The van der Waals surface area contributed by atoms with Gasteiger partial charge in [0.2, 0.25) is 0 Å². The molecule has 0 saturated heterocycles. The van der Waals surface area contributed by atoms with Crippen molar-refractivity contribution in [2.45, 2.75) is 18.9 Å². The number of carboxylic acid groups (broad SMARTS) is 1. The van der Waals surface area contributed by atoms with E-state index in [4.69, 9.17) is 9.84 Å². The molecule has 1 amide bonds. The highest BCUT2D eigenvalue weighted by Crippen LogP contribution is 2.18. The third-order valence-electron chi connectivity index (χ3n) is 3.31. The zero-order valence-electron chi connectivity index (χ0n) is 12.5. The fourth-order valence-electron chi connectivity index (χ4n) is 2.42. The van der Waals surface area contributed by atoms with Gasteiger partial charge >= 0.3 is 5.97 Å². The van der Waals surface area contributed by atoms with E-state index in [9.17, 15) is 9.59 Å². The highest BCUT2D eigenvalue weighted by Gasteiger charge is 2.30. The van der Waals surface area contributed by atoms with E-state index in [1.807, 2.05) is 30.3 Å². The first-order valence-corrected chi connectivity index (χ1v) is 6.82. The van der Waals surface area contributed by atoms with Crippen LogP contribution >= 0.6 is 0 Å². The van der Waals surface area contributed by atoms with Crippen LogP contribution < -0.4 is 5.32 Å². The summed E-state index contributed by atoms with van der Waals surface area (Å²) >= 11 is 0.